The van der Waals surface area contributed by atoms with Crippen molar-refractivity contribution in [3.05, 3.63) is 47.7 Å². The molecule has 1 aromatic heterocycles. The highest BCUT2D eigenvalue weighted by molar-refractivity contribution is 5.76. The molecule has 0 saturated carbocycles. The summed E-state index contributed by atoms with van der Waals surface area (Å²) in [6.45, 7) is 5.66. The summed E-state index contributed by atoms with van der Waals surface area (Å²) in [5.74, 6) is 2.04. The number of amides is 1. The monoisotopic (exact) mass is 313 g/mol. The van der Waals surface area contributed by atoms with Gasteiger partial charge in [0, 0.05) is 37.8 Å². The highest BCUT2D eigenvalue weighted by atomic mass is 16.4. The van der Waals surface area contributed by atoms with Gasteiger partial charge in [-0.05, 0) is 12.0 Å². The van der Waals surface area contributed by atoms with E-state index in [1.54, 1.807) is 0 Å². The van der Waals surface area contributed by atoms with Gasteiger partial charge in [-0.25, -0.2) is 0 Å². The summed E-state index contributed by atoms with van der Waals surface area (Å²) < 4.78 is 5.56. The molecule has 2 aromatic rings. The second kappa shape index (κ2) is 6.94. The zero-order valence-corrected chi connectivity index (χ0v) is 13.7. The molecule has 5 heteroatoms. The molecule has 1 amide bonds. The molecule has 1 atom stereocenters. The number of hydrogen-bond donors (Lipinski definition) is 0. The smallest absolute Gasteiger partial charge is 0.223 e. The minimum atomic E-state index is 0.174. The minimum Gasteiger partial charge on any atom is -0.425 e. The average molecular weight is 313 g/mol. The SMILES string of the molecule is CC(C)c1nnc(CCC(=O)N2CC[C@@H](c3ccccc3)C2)o1. The lowest BCUT2D eigenvalue weighted by Crippen LogP contribution is -2.28. The third-order valence-corrected chi connectivity index (χ3v) is 4.34. The van der Waals surface area contributed by atoms with Crippen LogP contribution in [0.15, 0.2) is 34.7 Å². The van der Waals surface area contributed by atoms with Crippen molar-refractivity contribution in [3.8, 4) is 0 Å². The summed E-state index contributed by atoms with van der Waals surface area (Å²) in [7, 11) is 0. The topological polar surface area (TPSA) is 59.2 Å². The van der Waals surface area contributed by atoms with Gasteiger partial charge in [-0.2, -0.15) is 0 Å². The van der Waals surface area contributed by atoms with Crippen molar-refractivity contribution < 1.29 is 9.21 Å². The molecule has 3 rings (SSSR count). The molecular weight excluding hydrogens is 290 g/mol. The van der Waals surface area contributed by atoms with Gasteiger partial charge < -0.3 is 9.32 Å². The lowest BCUT2D eigenvalue weighted by Gasteiger charge is -2.16. The van der Waals surface area contributed by atoms with Gasteiger partial charge in [0.2, 0.25) is 17.7 Å². The van der Waals surface area contributed by atoms with Gasteiger partial charge in [0.1, 0.15) is 0 Å². The lowest BCUT2D eigenvalue weighted by atomic mass is 9.99. The molecule has 1 aromatic carbocycles. The van der Waals surface area contributed by atoms with Gasteiger partial charge in [0.15, 0.2) is 0 Å². The van der Waals surface area contributed by atoms with E-state index in [4.69, 9.17) is 4.42 Å². The standard InChI is InChI=1S/C18H23N3O2/c1-13(2)18-20-19-16(23-18)8-9-17(22)21-11-10-15(12-21)14-6-4-3-5-7-14/h3-7,13,15H,8-12H2,1-2H3/t15-/m1/s1. The van der Waals surface area contributed by atoms with E-state index in [9.17, 15) is 4.79 Å². The van der Waals surface area contributed by atoms with E-state index in [1.807, 2.05) is 24.8 Å². The van der Waals surface area contributed by atoms with E-state index < -0.39 is 0 Å². The van der Waals surface area contributed by atoms with Gasteiger partial charge in [0.25, 0.3) is 0 Å². The fraction of sp³-hybridized carbons (Fsp3) is 0.500. The second-order valence-electron chi connectivity index (χ2n) is 6.42. The summed E-state index contributed by atoms with van der Waals surface area (Å²) in [5.41, 5.74) is 1.32. The Morgan fingerprint density at radius 3 is 2.78 bits per heavy atom. The Morgan fingerprint density at radius 2 is 2.09 bits per heavy atom. The van der Waals surface area contributed by atoms with E-state index in [1.165, 1.54) is 5.56 Å². The maximum atomic E-state index is 12.4. The average Bonchev–Trinajstić information content (AvgIpc) is 3.23. The third kappa shape index (κ3) is 3.78. The van der Waals surface area contributed by atoms with Crippen LogP contribution in [-0.2, 0) is 11.2 Å². The second-order valence-corrected chi connectivity index (χ2v) is 6.42. The number of carbonyl (C=O) groups is 1. The predicted octanol–water partition coefficient (Wildman–Crippen LogP) is 3.14. The molecule has 1 saturated heterocycles. The molecule has 5 nitrogen and oxygen atoms in total. The number of aryl methyl sites for hydroxylation is 1. The van der Waals surface area contributed by atoms with Crippen LogP contribution in [0.2, 0.25) is 0 Å². The van der Waals surface area contributed by atoms with E-state index in [-0.39, 0.29) is 11.8 Å². The zero-order valence-electron chi connectivity index (χ0n) is 13.7. The van der Waals surface area contributed by atoms with Crippen molar-refractivity contribution >= 4 is 5.91 Å². The Morgan fingerprint density at radius 1 is 1.30 bits per heavy atom. The Kier molecular flexibility index (Phi) is 4.74. The Bertz CT molecular complexity index is 651. The zero-order chi connectivity index (χ0) is 16.2. The van der Waals surface area contributed by atoms with Crippen LogP contribution in [0.5, 0.6) is 0 Å². The number of hydrogen-bond acceptors (Lipinski definition) is 4. The largest absolute Gasteiger partial charge is 0.425 e. The maximum Gasteiger partial charge on any atom is 0.223 e. The molecule has 0 spiro atoms. The first kappa shape index (κ1) is 15.7. The van der Waals surface area contributed by atoms with Crippen molar-refractivity contribution in [2.45, 2.75) is 44.9 Å². The molecule has 0 radical (unpaired) electrons. The van der Waals surface area contributed by atoms with Crippen molar-refractivity contribution in [2.24, 2.45) is 0 Å². The summed E-state index contributed by atoms with van der Waals surface area (Å²) in [5, 5.41) is 8.01. The number of benzene rings is 1. The van der Waals surface area contributed by atoms with Crippen LogP contribution >= 0.6 is 0 Å². The molecular formula is C18H23N3O2. The number of aromatic nitrogens is 2. The molecule has 23 heavy (non-hydrogen) atoms. The summed E-state index contributed by atoms with van der Waals surface area (Å²) in [6, 6.07) is 10.4. The third-order valence-electron chi connectivity index (χ3n) is 4.34. The van der Waals surface area contributed by atoms with Crippen LogP contribution in [-0.4, -0.2) is 34.1 Å². The summed E-state index contributed by atoms with van der Waals surface area (Å²) in [4.78, 5) is 14.3. The van der Waals surface area contributed by atoms with E-state index in [0.29, 0.717) is 30.5 Å². The number of nitrogens with zero attached hydrogens (tertiary/aromatic N) is 3. The van der Waals surface area contributed by atoms with E-state index >= 15 is 0 Å². The molecule has 0 bridgehead atoms. The molecule has 0 N–H and O–H groups in total. The van der Waals surface area contributed by atoms with Crippen molar-refractivity contribution in [2.75, 3.05) is 13.1 Å². The fourth-order valence-electron chi connectivity index (χ4n) is 2.96. The molecule has 1 aliphatic heterocycles. The van der Waals surface area contributed by atoms with Crippen molar-refractivity contribution in [3.63, 3.8) is 0 Å². The lowest BCUT2D eigenvalue weighted by molar-refractivity contribution is -0.130. The van der Waals surface area contributed by atoms with Crippen LogP contribution in [0.3, 0.4) is 0 Å². The first-order valence-electron chi connectivity index (χ1n) is 8.28. The first-order valence-corrected chi connectivity index (χ1v) is 8.28. The quantitative estimate of drug-likeness (QED) is 0.851. The Balaban J connectivity index is 1.51. The van der Waals surface area contributed by atoms with Gasteiger partial charge in [-0.15, -0.1) is 10.2 Å². The van der Waals surface area contributed by atoms with Gasteiger partial charge >= 0.3 is 0 Å². The summed E-state index contributed by atoms with van der Waals surface area (Å²) >= 11 is 0. The van der Waals surface area contributed by atoms with Gasteiger partial charge in [0.05, 0.1) is 0 Å². The van der Waals surface area contributed by atoms with Crippen LogP contribution in [0.1, 0.15) is 55.9 Å². The van der Waals surface area contributed by atoms with Crippen LogP contribution < -0.4 is 0 Å². The highest BCUT2D eigenvalue weighted by Crippen LogP contribution is 2.27. The number of rotatable bonds is 5. The first-order chi connectivity index (χ1) is 11.1. The van der Waals surface area contributed by atoms with Crippen molar-refractivity contribution in [1.29, 1.82) is 0 Å². The van der Waals surface area contributed by atoms with Crippen LogP contribution in [0.25, 0.3) is 0 Å². The van der Waals surface area contributed by atoms with E-state index in [0.717, 1.165) is 19.5 Å². The fourth-order valence-corrected chi connectivity index (χ4v) is 2.96. The normalized spacial score (nSPS) is 17.9. The van der Waals surface area contributed by atoms with Gasteiger partial charge in [-0.3, -0.25) is 4.79 Å². The molecule has 1 aliphatic rings. The maximum absolute atomic E-state index is 12.4. The minimum absolute atomic E-state index is 0.174. The van der Waals surface area contributed by atoms with Gasteiger partial charge in [-0.1, -0.05) is 44.2 Å². The summed E-state index contributed by atoms with van der Waals surface area (Å²) in [6.07, 6.45) is 1.99. The molecule has 2 heterocycles. The van der Waals surface area contributed by atoms with Crippen LogP contribution in [0.4, 0.5) is 0 Å². The molecule has 1 fully saturated rings. The number of likely N-dealkylation sites (tertiary alicyclic amines) is 1. The number of carbonyl (C=O) groups excluding carboxylic acids is 1. The molecule has 0 aliphatic carbocycles. The van der Waals surface area contributed by atoms with Crippen molar-refractivity contribution in [1.82, 2.24) is 15.1 Å². The molecule has 0 unspecified atom stereocenters. The molecule has 122 valence electrons. The Labute approximate surface area is 136 Å². The van der Waals surface area contributed by atoms with E-state index in [2.05, 4.69) is 34.5 Å². The Hall–Kier alpha value is -2.17. The predicted molar refractivity (Wildman–Crippen MR) is 87.1 cm³/mol. The highest BCUT2D eigenvalue weighted by Gasteiger charge is 2.27. The van der Waals surface area contributed by atoms with Crippen LogP contribution in [0, 0.1) is 0 Å².